The van der Waals surface area contributed by atoms with Gasteiger partial charge in [-0.05, 0) is 12.1 Å². The Morgan fingerprint density at radius 2 is 1.94 bits per heavy atom. The maximum absolute atomic E-state index is 8.55. The Balaban J connectivity index is 2.02. The van der Waals surface area contributed by atoms with Crippen LogP contribution in [0, 0.1) is 0 Å². The Hall–Kier alpha value is -1.52. The molecule has 1 aromatic carbocycles. The van der Waals surface area contributed by atoms with Crippen LogP contribution in [0.5, 0.6) is 0 Å². The minimum absolute atomic E-state index is 0.0589. The van der Waals surface area contributed by atoms with Crippen LogP contribution in [0.2, 0.25) is 0 Å². The van der Waals surface area contributed by atoms with Gasteiger partial charge in [-0.15, -0.1) is 0 Å². The molecule has 0 aliphatic carbocycles. The van der Waals surface area contributed by atoms with Crippen molar-refractivity contribution in [3.05, 3.63) is 36.2 Å². The molecular formula is C12H14N2O2. The van der Waals surface area contributed by atoms with Crippen LogP contribution in [0.4, 0.5) is 0 Å². The van der Waals surface area contributed by atoms with Crippen LogP contribution in [0.15, 0.2) is 30.5 Å². The van der Waals surface area contributed by atoms with E-state index in [1.54, 1.807) is 6.20 Å². The number of hydrogen-bond donors (Lipinski definition) is 1. The molecule has 4 heteroatoms. The summed E-state index contributed by atoms with van der Waals surface area (Å²) in [7, 11) is 0. The molecular weight excluding hydrogens is 204 g/mol. The molecule has 2 rings (SSSR count). The standard InChI is InChI=1S/C12H14N2O2/c15-6-8-16-7-5-10-9-13-11-3-1-2-4-12(11)14-10/h1-4,9,15H,5-8H2. The van der Waals surface area contributed by atoms with Gasteiger partial charge in [0.25, 0.3) is 0 Å². The van der Waals surface area contributed by atoms with Gasteiger partial charge in [0.1, 0.15) is 0 Å². The zero-order chi connectivity index (χ0) is 11.2. The van der Waals surface area contributed by atoms with E-state index in [-0.39, 0.29) is 6.61 Å². The summed E-state index contributed by atoms with van der Waals surface area (Å²) in [4.78, 5) is 8.78. The number of benzene rings is 1. The van der Waals surface area contributed by atoms with Crippen LogP contribution >= 0.6 is 0 Å². The van der Waals surface area contributed by atoms with E-state index in [1.807, 2.05) is 24.3 Å². The number of rotatable bonds is 5. The van der Waals surface area contributed by atoms with Gasteiger partial charge in [0.05, 0.1) is 36.5 Å². The average molecular weight is 218 g/mol. The lowest BCUT2D eigenvalue weighted by Gasteiger charge is -2.03. The summed E-state index contributed by atoms with van der Waals surface area (Å²) in [6, 6.07) is 7.78. The number of hydrogen-bond acceptors (Lipinski definition) is 4. The Labute approximate surface area is 93.9 Å². The zero-order valence-corrected chi connectivity index (χ0v) is 8.97. The van der Waals surface area contributed by atoms with Gasteiger partial charge in [-0.2, -0.15) is 0 Å². The predicted molar refractivity (Wildman–Crippen MR) is 61.1 cm³/mol. The molecule has 0 bridgehead atoms. The Bertz CT molecular complexity index is 459. The topological polar surface area (TPSA) is 55.2 Å². The van der Waals surface area contributed by atoms with Crippen molar-refractivity contribution < 1.29 is 9.84 Å². The number of aromatic nitrogens is 2. The SMILES string of the molecule is OCCOCCc1cnc2ccccc2n1. The molecule has 0 unspecified atom stereocenters. The summed E-state index contributed by atoms with van der Waals surface area (Å²) in [5, 5.41) is 8.55. The van der Waals surface area contributed by atoms with E-state index in [2.05, 4.69) is 9.97 Å². The number of para-hydroxylation sites is 2. The quantitative estimate of drug-likeness (QED) is 0.766. The molecule has 0 atom stereocenters. The fourth-order valence-corrected chi connectivity index (χ4v) is 1.46. The molecule has 0 radical (unpaired) electrons. The van der Waals surface area contributed by atoms with Crippen molar-refractivity contribution in [2.45, 2.75) is 6.42 Å². The van der Waals surface area contributed by atoms with Crippen molar-refractivity contribution in [2.24, 2.45) is 0 Å². The minimum Gasteiger partial charge on any atom is -0.394 e. The lowest BCUT2D eigenvalue weighted by molar-refractivity contribution is 0.0940. The zero-order valence-electron chi connectivity index (χ0n) is 8.97. The summed E-state index contributed by atoms with van der Waals surface area (Å²) in [6.45, 7) is 0.998. The molecule has 1 aromatic heterocycles. The van der Waals surface area contributed by atoms with Gasteiger partial charge in [0, 0.05) is 12.6 Å². The molecule has 4 nitrogen and oxygen atoms in total. The van der Waals surface area contributed by atoms with E-state index in [9.17, 15) is 0 Å². The first-order chi connectivity index (χ1) is 7.90. The third-order valence-electron chi connectivity index (χ3n) is 2.24. The monoisotopic (exact) mass is 218 g/mol. The summed E-state index contributed by atoms with van der Waals surface area (Å²) < 4.78 is 5.18. The molecule has 0 aliphatic heterocycles. The van der Waals surface area contributed by atoms with Gasteiger partial charge in [-0.1, -0.05) is 12.1 Å². The molecule has 84 valence electrons. The first kappa shape index (κ1) is 11.0. The van der Waals surface area contributed by atoms with Gasteiger partial charge in [0.15, 0.2) is 0 Å². The maximum Gasteiger partial charge on any atom is 0.0890 e. The largest absolute Gasteiger partial charge is 0.394 e. The third-order valence-corrected chi connectivity index (χ3v) is 2.24. The van der Waals surface area contributed by atoms with Gasteiger partial charge in [0.2, 0.25) is 0 Å². The highest BCUT2D eigenvalue weighted by Crippen LogP contribution is 2.08. The normalized spacial score (nSPS) is 10.8. The van der Waals surface area contributed by atoms with Crippen LogP contribution < -0.4 is 0 Å². The van der Waals surface area contributed by atoms with Crippen molar-refractivity contribution in [3.63, 3.8) is 0 Å². The lowest BCUT2D eigenvalue weighted by atomic mass is 10.2. The van der Waals surface area contributed by atoms with Crippen LogP contribution in [-0.4, -0.2) is 34.9 Å². The minimum atomic E-state index is 0.0589. The Kier molecular flexibility index (Phi) is 3.80. The molecule has 16 heavy (non-hydrogen) atoms. The highest BCUT2D eigenvalue weighted by molar-refractivity contribution is 5.73. The first-order valence-corrected chi connectivity index (χ1v) is 5.29. The van der Waals surface area contributed by atoms with Crippen LogP contribution in [0.3, 0.4) is 0 Å². The molecule has 0 saturated carbocycles. The Morgan fingerprint density at radius 3 is 2.75 bits per heavy atom. The van der Waals surface area contributed by atoms with Gasteiger partial charge in [-0.3, -0.25) is 4.98 Å². The van der Waals surface area contributed by atoms with Crippen LogP contribution in [0.25, 0.3) is 11.0 Å². The second-order valence-electron chi connectivity index (χ2n) is 3.44. The van der Waals surface area contributed by atoms with E-state index in [4.69, 9.17) is 9.84 Å². The molecule has 0 fully saturated rings. The van der Waals surface area contributed by atoms with Gasteiger partial charge in [-0.25, -0.2) is 4.98 Å². The van der Waals surface area contributed by atoms with E-state index in [0.717, 1.165) is 23.1 Å². The first-order valence-electron chi connectivity index (χ1n) is 5.29. The molecule has 1 heterocycles. The van der Waals surface area contributed by atoms with E-state index < -0.39 is 0 Å². The number of aliphatic hydroxyl groups is 1. The van der Waals surface area contributed by atoms with E-state index in [0.29, 0.717) is 13.2 Å². The number of ether oxygens (including phenoxy) is 1. The average Bonchev–Trinajstić information content (AvgIpc) is 2.34. The Morgan fingerprint density at radius 1 is 1.12 bits per heavy atom. The van der Waals surface area contributed by atoms with Crippen molar-refractivity contribution in [2.75, 3.05) is 19.8 Å². The summed E-state index contributed by atoms with van der Waals surface area (Å²) in [6.07, 6.45) is 2.49. The molecule has 2 aromatic rings. The number of aliphatic hydroxyl groups excluding tert-OH is 1. The smallest absolute Gasteiger partial charge is 0.0890 e. The number of fused-ring (bicyclic) bond motifs is 1. The summed E-state index contributed by atoms with van der Waals surface area (Å²) in [5.41, 5.74) is 2.72. The van der Waals surface area contributed by atoms with Crippen LogP contribution in [0.1, 0.15) is 5.69 Å². The second kappa shape index (κ2) is 5.53. The molecule has 0 spiro atoms. The van der Waals surface area contributed by atoms with Crippen molar-refractivity contribution in [1.29, 1.82) is 0 Å². The second-order valence-corrected chi connectivity index (χ2v) is 3.44. The van der Waals surface area contributed by atoms with Crippen molar-refractivity contribution in [1.82, 2.24) is 9.97 Å². The highest BCUT2D eigenvalue weighted by atomic mass is 16.5. The third kappa shape index (κ3) is 2.74. The van der Waals surface area contributed by atoms with E-state index >= 15 is 0 Å². The highest BCUT2D eigenvalue weighted by Gasteiger charge is 1.99. The van der Waals surface area contributed by atoms with Crippen LogP contribution in [-0.2, 0) is 11.2 Å². The van der Waals surface area contributed by atoms with E-state index in [1.165, 1.54) is 0 Å². The molecule has 1 N–H and O–H groups in total. The van der Waals surface area contributed by atoms with Gasteiger partial charge >= 0.3 is 0 Å². The van der Waals surface area contributed by atoms with Crippen molar-refractivity contribution in [3.8, 4) is 0 Å². The number of nitrogens with zero attached hydrogens (tertiary/aromatic N) is 2. The summed E-state index contributed by atoms with van der Waals surface area (Å²) in [5.74, 6) is 0. The fourth-order valence-electron chi connectivity index (χ4n) is 1.46. The maximum atomic E-state index is 8.55. The molecule has 0 amide bonds. The van der Waals surface area contributed by atoms with Gasteiger partial charge < -0.3 is 9.84 Å². The lowest BCUT2D eigenvalue weighted by Crippen LogP contribution is -2.04. The summed E-state index contributed by atoms with van der Waals surface area (Å²) >= 11 is 0. The molecule has 0 saturated heterocycles. The fraction of sp³-hybridized carbons (Fsp3) is 0.333. The predicted octanol–water partition coefficient (Wildman–Crippen LogP) is 1.18. The molecule has 0 aliphatic rings. The van der Waals surface area contributed by atoms with Crippen molar-refractivity contribution >= 4 is 11.0 Å².